The second-order valence-electron chi connectivity index (χ2n) is 9.47. The minimum Gasteiger partial charge on any atom is -0.436 e. The number of nitrogens with zero attached hydrogens (tertiary/aromatic N) is 3. The Morgan fingerprint density at radius 3 is 2.62 bits per heavy atom. The molecule has 40 heavy (non-hydrogen) atoms. The van der Waals surface area contributed by atoms with E-state index in [-0.39, 0.29) is 34.4 Å². The van der Waals surface area contributed by atoms with Gasteiger partial charge in [-0.05, 0) is 55.7 Å². The largest absolute Gasteiger partial charge is 0.436 e. The summed E-state index contributed by atoms with van der Waals surface area (Å²) < 4.78 is 62.2. The fourth-order valence-electron chi connectivity index (χ4n) is 4.28. The third-order valence-electron chi connectivity index (χ3n) is 6.56. The zero-order valence-electron chi connectivity index (χ0n) is 21.0. The monoisotopic (exact) mass is 564 g/mol. The molecule has 0 unspecified atom stereocenters. The van der Waals surface area contributed by atoms with Gasteiger partial charge in [0, 0.05) is 17.0 Å². The minimum absolute atomic E-state index is 0.0271. The van der Waals surface area contributed by atoms with Crippen molar-refractivity contribution in [2.24, 2.45) is 0 Å². The molecule has 0 radical (unpaired) electrons. The molecule has 0 amide bonds. The molecule has 1 aliphatic carbocycles. The van der Waals surface area contributed by atoms with E-state index in [1.165, 1.54) is 41.3 Å². The first-order chi connectivity index (χ1) is 19.1. The molecule has 0 spiro atoms. The van der Waals surface area contributed by atoms with E-state index in [4.69, 9.17) is 10.5 Å². The van der Waals surface area contributed by atoms with Crippen molar-refractivity contribution < 1.29 is 26.7 Å². The normalized spacial score (nSPS) is 13.5. The number of ketones is 1. The zero-order chi connectivity index (χ0) is 28.2. The van der Waals surface area contributed by atoms with Crippen LogP contribution < -0.4 is 15.2 Å². The third-order valence-corrected chi connectivity index (χ3v) is 8.41. The number of sulfonamides is 1. The van der Waals surface area contributed by atoms with Crippen molar-refractivity contribution in [3.8, 4) is 17.3 Å². The van der Waals surface area contributed by atoms with Crippen LogP contribution in [-0.4, -0.2) is 39.2 Å². The van der Waals surface area contributed by atoms with E-state index in [0.717, 1.165) is 6.07 Å². The van der Waals surface area contributed by atoms with Crippen molar-refractivity contribution in [2.45, 2.75) is 25.0 Å². The maximum atomic E-state index is 14.6. The molecule has 13 heteroatoms. The number of hydrogen-bond donors (Lipinski definition) is 3. The van der Waals surface area contributed by atoms with E-state index >= 15 is 0 Å². The van der Waals surface area contributed by atoms with E-state index in [1.807, 2.05) is 0 Å². The van der Waals surface area contributed by atoms with Gasteiger partial charge in [0.05, 0.1) is 40.3 Å². The lowest BCUT2D eigenvalue weighted by Crippen LogP contribution is -2.18. The molecular formula is C27H22F2N6O4S. The maximum absolute atomic E-state index is 14.6. The SMILES string of the molecule is Cc1cc(Oc2ccccc2F)ncc1-n1ncc(C(=O)c2cc3cc(F)c(NS(=O)(=O)C4CC4)cc3[nH]2)c1N. The van der Waals surface area contributed by atoms with Crippen molar-refractivity contribution in [3.05, 3.63) is 89.4 Å². The summed E-state index contributed by atoms with van der Waals surface area (Å²) in [7, 11) is -3.67. The first-order valence-electron chi connectivity index (χ1n) is 12.2. The zero-order valence-corrected chi connectivity index (χ0v) is 21.8. The Kier molecular flexibility index (Phi) is 6.02. The predicted molar refractivity (Wildman–Crippen MR) is 144 cm³/mol. The number of ether oxygens (including phenoxy) is 1. The van der Waals surface area contributed by atoms with E-state index in [2.05, 4.69) is 19.8 Å². The number of aromatic nitrogens is 4. The molecule has 10 nitrogen and oxygen atoms in total. The number of carbonyl (C=O) groups is 1. The molecule has 0 aliphatic heterocycles. The van der Waals surface area contributed by atoms with E-state index in [1.54, 1.807) is 25.1 Å². The number of para-hydroxylation sites is 1. The Morgan fingerprint density at radius 1 is 1.12 bits per heavy atom. The van der Waals surface area contributed by atoms with Crippen LogP contribution in [0.5, 0.6) is 11.6 Å². The Bertz CT molecular complexity index is 1910. The minimum atomic E-state index is -3.67. The summed E-state index contributed by atoms with van der Waals surface area (Å²) in [6.07, 6.45) is 3.83. The van der Waals surface area contributed by atoms with Gasteiger partial charge in [0.15, 0.2) is 11.6 Å². The summed E-state index contributed by atoms with van der Waals surface area (Å²) in [4.78, 5) is 20.4. The number of halogens is 2. The number of carbonyl (C=O) groups excluding carboxylic acids is 1. The highest BCUT2D eigenvalue weighted by Gasteiger charge is 2.36. The van der Waals surface area contributed by atoms with Crippen LogP contribution in [0.4, 0.5) is 20.3 Å². The van der Waals surface area contributed by atoms with Gasteiger partial charge in [-0.1, -0.05) is 12.1 Å². The number of rotatable bonds is 8. The van der Waals surface area contributed by atoms with Gasteiger partial charge in [0.25, 0.3) is 0 Å². The summed E-state index contributed by atoms with van der Waals surface area (Å²) in [6.45, 7) is 1.76. The lowest BCUT2D eigenvalue weighted by atomic mass is 10.1. The number of nitrogens with one attached hydrogen (secondary N) is 2. The molecule has 0 atom stereocenters. The number of anilines is 2. The highest BCUT2D eigenvalue weighted by molar-refractivity contribution is 7.93. The molecule has 204 valence electrons. The Labute approximate surface area is 226 Å². The molecule has 0 bridgehead atoms. The number of aromatic amines is 1. The summed E-state index contributed by atoms with van der Waals surface area (Å²) in [5, 5.41) is 4.11. The fourth-order valence-corrected chi connectivity index (χ4v) is 5.67. The molecule has 3 aromatic heterocycles. The molecule has 1 fully saturated rings. The summed E-state index contributed by atoms with van der Waals surface area (Å²) in [5.41, 5.74) is 7.80. The molecule has 0 saturated heterocycles. The highest BCUT2D eigenvalue weighted by Crippen LogP contribution is 2.32. The lowest BCUT2D eigenvalue weighted by Gasteiger charge is -2.11. The molecule has 1 saturated carbocycles. The van der Waals surface area contributed by atoms with Gasteiger partial charge < -0.3 is 15.5 Å². The molecule has 3 heterocycles. The summed E-state index contributed by atoms with van der Waals surface area (Å²) >= 11 is 0. The average molecular weight is 565 g/mol. The van der Waals surface area contributed by atoms with Crippen LogP contribution >= 0.6 is 0 Å². The number of pyridine rings is 1. The lowest BCUT2D eigenvalue weighted by molar-refractivity contribution is 0.103. The molecular weight excluding hydrogens is 542 g/mol. The van der Waals surface area contributed by atoms with Crippen molar-refractivity contribution >= 4 is 38.2 Å². The highest BCUT2D eigenvalue weighted by atomic mass is 32.2. The number of nitrogens with two attached hydrogens (primary N) is 1. The smallest absolute Gasteiger partial charge is 0.235 e. The standard InChI is InChI=1S/C27H22F2N6O4S/c1-14-8-25(39-24-5-3-2-4-18(24)28)31-13-23(14)35-27(30)17(12-32-35)26(36)22-10-15-9-19(29)21(11-20(15)33-22)34-40(37,38)16-6-7-16/h2-5,8-13,16,33-34H,6-7,30H2,1H3. The van der Waals surface area contributed by atoms with Crippen LogP contribution in [-0.2, 0) is 10.0 Å². The Hall–Kier alpha value is -4.78. The number of H-pyrrole nitrogens is 1. The van der Waals surface area contributed by atoms with Crippen molar-refractivity contribution in [3.63, 3.8) is 0 Å². The molecule has 2 aromatic carbocycles. The second-order valence-corrected chi connectivity index (χ2v) is 11.4. The van der Waals surface area contributed by atoms with E-state index in [9.17, 15) is 22.0 Å². The van der Waals surface area contributed by atoms with E-state index < -0.39 is 32.7 Å². The van der Waals surface area contributed by atoms with Crippen molar-refractivity contribution in [2.75, 3.05) is 10.5 Å². The quantitative estimate of drug-likeness (QED) is 0.229. The van der Waals surface area contributed by atoms with Gasteiger partial charge >= 0.3 is 0 Å². The molecule has 5 aromatic rings. The Balaban J connectivity index is 1.26. The van der Waals surface area contributed by atoms with Gasteiger partial charge in [0.2, 0.25) is 21.7 Å². The van der Waals surface area contributed by atoms with Crippen LogP contribution in [0, 0.1) is 18.6 Å². The molecule has 1 aliphatic rings. The average Bonchev–Trinajstić information content (AvgIpc) is 3.61. The number of aryl methyl sites for hydroxylation is 1. The topological polar surface area (TPSA) is 145 Å². The van der Waals surface area contributed by atoms with Crippen LogP contribution in [0.1, 0.15) is 34.5 Å². The van der Waals surface area contributed by atoms with Gasteiger partial charge in [-0.2, -0.15) is 5.10 Å². The molecule has 6 rings (SSSR count). The fraction of sp³-hybridized carbons (Fsp3) is 0.148. The number of benzene rings is 2. The summed E-state index contributed by atoms with van der Waals surface area (Å²) in [5.74, 6) is -1.55. The van der Waals surface area contributed by atoms with Crippen LogP contribution in [0.15, 0.2) is 60.9 Å². The number of hydrogen-bond acceptors (Lipinski definition) is 7. The number of nitrogen functional groups attached to an aromatic ring is 1. The predicted octanol–water partition coefficient (Wildman–Crippen LogP) is 4.84. The van der Waals surface area contributed by atoms with Crippen LogP contribution in [0.3, 0.4) is 0 Å². The van der Waals surface area contributed by atoms with Crippen molar-refractivity contribution in [1.82, 2.24) is 19.7 Å². The second kappa shape index (κ2) is 9.45. The maximum Gasteiger partial charge on any atom is 0.235 e. The summed E-state index contributed by atoms with van der Waals surface area (Å²) in [6, 6.07) is 11.5. The number of fused-ring (bicyclic) bond motifs is 1. The van der Waals surface area contributed by atoms with Gasteiger partial charge in [-0.15, -0.1) is 0 Å². The van der Waals surface area contributed by atoms with Crippen LogP contribution in [0.25, 0.3) is 16.6 Å². The van der Waals surface area contributed by atoms with E-state index in [0.29, 0.717) is 35.0 Å². The van der Waals surface area contributed by atoms with Gasteiger partial charge in [-0.3, -0.25) is 9.52 Å². The Morgan fingerprint density at radius 2 is 1.90 bits per heavy atom. The first-order valence-corrected chi connectivity index (χ1v) is 13.8. The van der Waals surface area contributed by atoms with Gasteiger partial charge in [0.1, 0.15) is 11.6 Å². The first kappa shape index (κ1) is 25.5. The van der Waals surface area contributed by atoms with Gasteiger partial charge in [-0.25, -0.2) is 26.9 Å². The third kappa shape index (κ3) is 4.64. The van der Waals surface area contributed by atoms with Crippen LogP contribution in [0.2, 0.25) is 0 Å². The van der Waals surface area contributed by atoms with Crippen molar-refractivity contribution in [1.29, 1.82) is 0 Å². The molecule has 4 N–H and O–H groups in total.